The van der Waals surface area contributed by atoms with E-state index in [4.69, 9.17) is 0 Å². The lowest BCUT2D eigenvalue weighted by atomic mass is 10.0. The molecule has 96 valence electrons. The lowest BCUT2D eigenvalue weighted by molar-refractivity contribution is -0.157. The Morgan fingerprint density at radius 3 is 2.41 bits per heavy atom. The number of halogens is 3. The van der Waals surface area contributed by atoms with E-state index in [-0.39, 0.29) is 0 Å². The number of rotatable bonds is 2. The molecule has 0 aromatic carbocycles. The maximum atomic E-state index is 12.4. The van der Waals surface area contributed by atoms with Crippen LogP contribution in [0.4, 0.5) is 13.2 Å². The second kappa shape index (κ2) is 4.30. The van der Waals surface area contributed by atoms with Gasteiger partial charge >= 0.3 is 12.1 Å². The Kier molecular flexibility index (Phi) is 3.39. The van der Waals surface area contributed by atoms with Crippen LogP contribution < -0.4 is 5.32 Å². The average molecular weight is 253 g/mol. The van der Waals surface area contributed by atoms with Crippen LogP contribution in [0.25, 0.3) is 0 Å². The van der Waals surface area contributed by atoms with Crippen LogP contribution in [0.15, 0.2) is 10.2 Å². The van der Waals surface area contributed by atoms with Gasteiger partial charge in [0.05, 0.1) is 7.11 Å². The first-order valence-corrected chi connectivity index (χ1v) is 4.57. The van der Waals surface area contributed by atoms with Gasteiger partial charge in [0.25, 0.3) is 5.66 Å². The van der Waals surface area contributed by atoms with Gasteiger partial charge in [-0.2, -0.15) is 23.4 Å². The summed E-state index contributed by atoms with van der Waals surface area (Å²) in [6, 6.07) is -2.12. The average Bonchev–Trinajstić information content (AvgIpc) is 2.60. The van der Waals surface area contributed by atoms with E-state index in [9.17, 15) is 22.8 Å². The van der Waals surface area contributed by atoms with Gasteiger partial charge in [-0.25, -0.2) is 4.79 Å². The molecule has 0 radical (unpaired) electrons. The minimum atomic E-state index is -4.61. The molecular weight excluding hydrogens is 243 g/mol. The van der Waals surface area contributed by atoms with Crippen LogP contribution in [0.5, 0.6) is 0 Å². The molecule has 1 amide bonds. The Hall–Kier alpha value is -1.67. The second-order valence-corrected chi connectivity index (χ2v) is 3.51. The molecule has 0 saturated heterocycles. The van der Waals surface area contributed by atoms with Crippen molar-refractivity contribution < 1.29 is 27.5 Å². The molecule has 0 bridgehead atoms. The normalized spacial score (nSPS) is 27.9. The third kappa shape index (κ3) is 2.71. The van der Waals surface area contributed by atoms with Crippen LogP contribution >= 0.6 is 0 Å². The summed E-state index contributed by atoms with van der Waals surface area (Å²) in [5.74, 6) is -1.78. The molecule has 9 heteroatoms. The highest BCUT2D eigenvalue weighted by Crippen LogP contribution is 2.36. The van der Waals surface area contributed by atoms with Gasteiger partial charge in [0.2, 0.25) is 5.91 Å². The number of esters is 1. The molecule has 0 fully saturated rings. The highest BCUT2D eigenvalue weighted by Gasteiger charge is 2.55. The number of methoxy groups -OCH3 is 1. The summed E-state index contributed by atoms with van der Waals surface area (Å²) in [4.78, 5) is 22.3. The van der Waals surface area contributed by atoms with Crippen molar-refractivity contribution in [2.24, 2.45) is 10.2 Å². The van der Waals surface area contributed by atoms with E-state index in [2.05, 4.69) is 15.0 Å². The van der Waals surface area contributed by atoms with Gasteiger partial charge in [-0.15, -0.1) is 0 Å². The van der Waals surface area contributed by atoms with E-state index in [1.165, 1.54) is 0 Å². The van der Waals surface area contributed by atoms with Gasteiger partial charge in [-0.3, -0.25) is 4.79 Å². The predicted octanol–water partition coefficient (Wildman–Crippen LogP) is 0.779. The van der Waals surface area contributed by atoms with Gasteiger partial charge in [-0.05, 0) is 0 Å². The zero-order valence-corrected chi connectivity index (χ0v) is 9.04. The Labute approximate surface area is 94.2 Å². The number of ether oxygens (including phenoxy) is 1. The van der Waals surface area contributed by atoms with Gasteiger partial charge in [-0.1, -0.05) is 0 Å². The van der Waals surface area contributed by atoms with E-state index < -0.39 is 36.2 Å². The molecule has 1 aliphatic rings. The third-order valence-electron chi connectivity index (χ3n) is 2.14. The Balaban J connectivity index is 2.95. The Morgan fingerprint density at radius 1 is 1.47 bits per heavy atom. The van der Waals surface area contributed by atoms with Crippen molar-refractivity contribution in [3.05, 3.63) is 0 Å². The molecule has 0 aromatic rings. The van der Waals surface area contributed by atoms with E-state index in [1.807, 2.05) is 5.32 Å². The standard InChI is InChI=1S/C8H10F3N3O3/c1-4(15)12-7(6(16)17-2)3-5(13-14-7)8(9,10)11/h5H,3H2,1-2H3,(H,12,15). The minimum absolute atomic E-state index is 0.697. The first-order chi connectivity index (χ1) is 7.71. The van der Waals surface area contributed by atoms with Crippen LogP contribution in [-0.4, -0.2) is 36.9 Å². The number of carbonyl (C=O) groups excluding carboxylic acids is 2. The monoisotopic (exact) mass is 253 g/mol. The summed E-state index contributed by atoms with van der Waals surface area (Å²) in [5, 5.41) is 8.23. The molecule has 0 saturated carbocycles. The van der Waals surface area contributed by atoms with Gasteiger partial charge in [0.1, 0.15) is 0 Å². The molecule has 2 unspecified atom stereocenters. The topological polar surface area (TPSA) is 80.1 Å². The van der Waals surface area contributed by atoms with Gasteiger partial charge in [0, 0.05) is 13.3 Å². The van der Waals surface area contributed by atoms with Gasteiger partial charge < -0.3 is 10.1 Å². The summed E-state index contributed by atoms with van der Waals surface area (Å²) in [5.41, 5.74) is -2.07. The molecule has 17 heavy (non-hydrogen) atoms. The van der Waals surface area contributed by atoms with Crippen molar-refractivity contribution >= 4 is 11.9 Å². The molecule has 1 N–H and O–H groups in total. The Bertz CT molecular complexity index is 369. The van der Waals surface area contributed by atoms with Crippen LogP contribution in [-0.2, 0) is 14.3 Å². The maximum absolute atomic E-state index is 12.4. The highest BCUT2D eigenvalue weighted by molar-refractivity contribution is 5.87. The summed E-state index contributed by atoms with van der Waals surface area (Å²) in [6.07, 6.45) is -5.40. The first-order valence-electron chi connectivity index (χ1n) is 4.57. The number of hydrogen-bond acceptors (Lipinski definition) is 5. The van der Waals surface area contributed by atoms with Crippen LogP contribution in [0.3, 0.4) is 0 Å². The molecule has 6 nitrogen and oxygen atoms in total. The molecule has 1 heterocycles. The molecule has 0 spiro atoms. The van der Waals surface area contributed by atoms with E-state index in [0.717, 1.165) is 14.0 Å². The number of carbonyl (C=O) groups is 2. The van der Waals surface area contributed by atoms with Crippen molar-refractivity contribution in [3.63, 3.8) is 0 Å². The van der Waals surface area contributed by atoms with Crippen LogP contribution in [0, 0.1) is 0 Å². The van der Waals surface area contributed by atoms with Crippen molar-refractivity contribution in [1.29, 1.82) is 0 Å². The van der Waals surface area contributed by atoms with Crippen molar-refractivity contribution in [2.75, 3.05) is 7.11 Å². The lowest BCUT2D eigenvalue weighted by Gasteiger charge is -2.23. The second-order valence-electron chi connectivity index (χ2n) is 3.51. The molecule has 0 aliphatic carbocycles. The number of nitrogens with one attached hydrogen (secondary N) is 1. The summed E-state index contributed by atoms with van der Waals surface area (Å²) in [6.45, 7) is 1.06. The van der Waals surface area contributed by atoms with Gasteiger partial charge in [0.15, 0.2) is 6.04 Å². The van der Waals surface area contributed by atoms with Crippen molar-refractivity contribution in [1.82, 2.24) is 5.32 Å². The smallest absolute Gasteiger partial charge is 0.412 e. The first kappa shape index (κ1) is 13.4. The molecule has 1 aliphatic heterocycles. The number of nitrogens with zero attached hydrogens (tertiary/aromatic N) is 2. The quantitative estimate of drug-likeness (QED) is 0.738. The zero-order chi connectivity index (χ0) is 13.3. The summed E-state index contributed by atoms with van der Waals surface area (Å²) in [7, 11) is 0.988. The zero-order valence-electron chi connectivity index (χ0n) is 9.04. The van der Waals surface area contributed by atoms with Crippen LogP contribution in [0.1, 0.15) is 13.3 Å². The number of amides is 1. The molecule has 1 rings (SSSR count). The Morgan fingerprint density at radius 2 is 2.06 bits per heavy atom. The number of azo groups is 1. The van der Waals surface area contributed by atoms with Crippen molar-refractivity contribution in [2.45, 2.75) is 31.2 Å². The van der Waals surface area contributed by atoms with E-state index in [0.29, 0.717) is 0 Å². The lowest BCUT2D eigenvalue weighted by Crippen LogP contribution is -2.53. The highest BCUT2D eigenvalue weighted by atomic mass is 19.4. The summed E-state index contributed by atoms with van der Waals surface area (Å²) >= 11 is 0. The van der Waals surface area contributed by atoms with E-state index >= 15 is 0 Å². The fourth-order valence-electron chi connectivity index (χ4n) is 1.42. The van der Waals surface area contributed by atoms with Crippen LogP contribution in [0.2, 0.25) is 0 Å². The van der Waals surface area contributed by atoms with E-state index in [1.54, 1.807) is 0 Å². The third-order valence-corrected chi connectivity index (χ3v) is 2.14. The number of hydrogen-bond donors (Lipinski definition) is 1. The molecule has 2 atom stereocenters. The SMILES string of the molecule is COC(=O)C1(NC(C)=O)CC(C(F)(F)F)N=N1. The molecular formula is C8H10F3N3O3. The minimum Gasteiger partial charge on any atom is -0.466 e. The largest absolute Gasteiger partial charge is 0.466 e. The summed E-state index contributed by atoms with van der Waals surface area (Å²) < 4.78 is 41.5. The fourth-order valence-corrected chi connectivity index (χ4v) is 1.42. The maximum Gasteiger partial charge on any atom is 0.412 e. The fraction of sp³-hybridized carbons (Fsp3) is 0.750. The van der Waals surface area contributed by atoms with Crippen molar-refractivity contribution in [3.8, 4) is 0 Å². The molecule has 0 aromatic heterocycles. The number of alkyl halides is 3. The predicted molar refractivity (Wildman–Crippen MR) is 47.9 cm³/mol.